The molecular formula is C27H34N4O. The minimum Gasteiger partial charge on any atom is -0.355 e. The Balaban J connectivity index is 1.57. The molecule has 2 heterocycles. The number of rotatable bonds is 5. The fraction of sp³-hybridized carbons (Fsp3) is 0.481. The van der Waals surface area contributed by atoms with E-state index in [4.69, 9.17) is 0 Å². The Kier molecular flexibility index (Phi) is 6.64. The molecule has 2 N–H and O–H groups in total. The highest BCUT2D eigenvalue weighted by molar-refractivity contribution is 5.96. The predicted molar refractivity (Wildman–Crippen MR) is 128 cm³/mol. The lowest BCUT2D eigenvalue weighted by Gasteiger charge is -2.32. The Morgan fingerprint density at radius 3 is 2.62 bits per heavy atom. The average Bonchev–Trinajstić information content (AvgIpc) is 2.81. The van der Waals surface area contributed by atoms with E-state index in [9.17, 15) is 10.1 Å². The van der Waals surface area contributed by atoms with Gasteiger partial charge in [-0.15, -0.1) is 0 Å². The van der Waals surface area contributed by atoms with Crippen LogP contribution in [-0.4, -0.2) is 37.5 Å². The van der Waals surface area contributed by atoms with Crippen LogP contribution in [0.15, 0.2) is 24.3 Å². The van der Waals surface area contributed by atoms with Gasteiger partial charge in [-0.1, -0.05) is 32.9 Å². The third kappa shape index (κ3) is 4.44. The molecule has 0 bridgehead atoms. The number of amides is 1. The molecule has 5 heteroatoms. The van der Waals surface area contributed by atoms with Gasteiger partial charge in [-0.05, 0) is 76.7 Å². The Morgan fingerprint density at radius 2 is 1.91 bits per heavy atom. The van der Waals surface area contributed by atoms with Crippen LogP contribution in [0.2, 0.25) is 0 Å². The molecule has 0 saturated carbocycles. The second kappa shape index (κ2) is 9.44. The quantitative estimate of drug-likeness (QED) is 0.756. The first-order valence-electron chi connectivity index (χ1n) is 11.8. The van der Waals surface area contributed by atoms with E-state index in [-0.39, 0.29) is 5.91 Å². The molecule has 2 aromatic rings. The molecule has 5 nitrogen and oxygen atoms in total. The summed E-state index contributed by atoms with van der Waals surface area (Å²) in [6, 6.07) is 11.2. The zero-order chi connectivity index (χ0) is 22.8. The van der Waals surface area contributed by atoms with Crippen LogP contribution in [0.4, 0.5) is 0 Å². The highest BCUT2D eigenvalue weighted by Gasteiger charge is 2.24. The van der Waals surface area contributed by atoms with Crippen molar-refractivity contribution in [3.05, 3.63) is 68.8 Å². The van der Waals surface area contributed by atoms with Gasteiger partial charge in [0, 0.05) is 38.8 Å². The van der Waals surface area contributed by atoms with Crippen molar-refractivity contribution in [1.29, 1.82) is 5.26 Å². The van der Waals surface area contributed by atoms with Crippen molar-refractivity contribution in [2.75, 3.05) is 26.7 Å². The molecule has 1 amide bonds. The average molecular weight is 431 g/mol. The third-order valence-corrected chi connectivity index (χ3v) is 7.03. The fourth-order valence-electron chi connectivity index (χ4n) is 5.11. The van der Waals surface area contributed by atoms with E-state index in [0.29, 0.717) is 11.8 Å². The van der Waals surface area contributed by atoms with Gasteiger partial charge in [0.05, 0.1) is 11.6 Å². The highest BCUT2D eigenvalue weighted by Crippen LogP contribution is 2.30. The van der Waals surface area contributed by atoms with Gasteiger partial charge >= 0.3 is 0 Å². The maximum absolute atomic E-state index is 12.6. The number of carbonyl (C=O) groups excluding carboxylic acids is 1. The maximum Gasteiger partial charge on any atom is 0.251 e. The van der Waals surface area contributed by atoms with Crippen molar-refractivity contribution in [3.8, 4) is 6.07 Å². The molecule has 2 aromatic carbocycles. The lowest BCUT2D eigenvalue weighted by atomic mass is 9.87. The minimum atomic E-state index is -0.00357. The molecule has 0 spiro atoms. The molecule has 1 atom stereocenters. The number of nitrogens with one attached hydrogen (secondary N) is 2. The number of hydrogen-bond donors (Lipinski definition) is 2. The molecule has 0 fully saturated rings. The van der Waals surface area contributed by atoms with Gasteiger partial charge in [0.15, 0.2) is 0 Å². The lowest BCUT2D eigenvalue weighted by Crippen LogP contribution is -2.34. The first kappa shape index (κ1) is 22.5. The van der Waals surface area contributed by atoms with Crippen LogP contribution in [0.5, 0.6) is 0 Å². The van der Waals surface area contributed by atoms with Crippen LogP contribution in [0, 0.1) is 11.3 Å². The first-order chi connectivity index (χ1) is 15.4. The largest absolute Gasteiger partial charge is 0.355 e. The van der Waals surface area contributed by atoms with Crippen LogP contribution in [-0.2, 0) is 25.9 Å². The van der Waals surface area contributed by atoms with Crippen molar-refractivity contribution in [1.82, 2.24) is 15.5 Å². The van der Waals surface area contributed by atoms with Gasteiger partial charge in [-0.3, -0.25) is 9.69 Å². The molecule has 168 valence electrons. The summed E-state index contributed by atoms with van der Waals surface area (Å²) in [6.07, 6.45) is 1.88. The van der Waals surface area contributed by atoms with Gasteiger partial charge < -0.3 is 10.6 Å². The van der Waals surface area contributed by atoms with E-state index in [1.807, 2.05) is 0 Å². The van der Waals surface area contributed by atoms with E-state index in [2.05, 4.69) is 66.6 Å². The summed E-state index contributed by atoms with van der Waals surface area (Å²) in [5, 5.41) is 15.9. The first-order valence-corrected chi connectivity index (χ1v) is 11.8. The normalized spacial score (nSPS) is 16.8. The topological polar surface area (TPSA) is 68.2 Å². The summed E-state index contributed by atoms with van der Waals surface area (Å²) in [6.45, 7) is 11.1. The van der Waals surface area contributed by atoms with Gasteiger partial charge in [-0.25, -0.2) is 0 Å². The summed E-state index contributed by atoms with van der Waals surface area (Å²) < 4.78 is 0. The summed E-state index contributed by atoms with van der Waals surface area (Å²) in [4.78, 5) is 15.1. The van der Waals surface area contributed by atoms with E-state index in [1.54, 1.807) is 7.05 Å². The van der Waals surface area contributed by atoms with E-state index in [1.165, 1.54) is 27.8 Å². The number of carbonyl (C=O) groups is 1. The van der Waals surface area contributed by atoms with Gasteiger partial charge in [-0.2, -0.15) is 5.26 Å². The molecule has 0 aliphatic carbocycles. The van der Waals surface area contributed by atoms with Crippen molar-refractivity contribution in [2.45, 2.75) is 58.5 Å². The molecular weight excluding hydrogens is 396 g/mol. The molecule has 0 saturated heterocycles. The molecule has 0 radical (unpaired) electrons. The minimum absolute atomic E-state index is 0.00357. The molecule has 2 aliphatic heterocycles. The van der Waals surface area contributed by atoms with Gasteiger partial charge in [0.2, 0.25) is 0 Å². The summed E-state index contributed by atoms with van der Waals surface area (Å²) in [5.41, 5.74) is 9.11. The molecule has 2 aliphatic rings. The Morgan fingerprint density at radius 1 is 1.12 bits per heavy atom. The second-order valence-electron chi connectivity index (χ2n) is 9.57. The van der Waals surface area contributed by atoms with Gasteiger partial charge in [0.25, 0.3) is 5.91 Å². The fourth-order valence-corrected chi connectivity index (χ4v) is 5.11. The lowest BCUT2D eigenvalue weighted by molar-refractivity contribution is 0.0961. The third-order valence-electron chi connectivity index (χ3n) is 7.03. The summed E-state index contributed by atoms with van der Waals surface area (Å²) >= 11 is 0. The van der Waals surface area contributed by atoms with Crippen molar-refractivity contribution < 1.29 is 4.79 Å². The number of benzene rings is 2. The van der Waals surface area contributed by atoms with Crippen LogP contribution in [0.1, 0.15) is 81.9 Å². The second-order valence-corrected chi connectivity index (χ2v) is 9.57. The van der Waals surface area contributed by atoms with Crippen LogP contribution in [0.3, 0.4) is 0 Å². The number of fused-ring (bicyclic) bond motifs is 2. The van der Waals surface area contributed by atoms with Crippen LogP contribution in [0.25, 0.3) is 0 Å². The Hall–Kier alpha value is -2.68. The smallest absolute Gasteiger partial charge is 0.251 e. The van der Waals surface area contributed by atoms with Crippen molar-refractivity contribution in [2.24, 2.45) is 0 Å². The zero-order valence-electron chi connectivity index (χ0n) is 19.7. The molecule has 32 heavy (non-hydrogen) atoms. The standard InChI is InChI=1S/C27H34N4O/c1-17(2)20-10-22(13-28)24-6-8-31(16-23(24)11-20)15-18(3)21-9-19-5-7-30-14-26(19)25(12-21)27(32)29-4/h9-12,17-18,30H,5-8,14-16H2,1-4H3,(H,29,32). The SMILES string of the molecule is CNC(=O)c1cc(C(C)CN2CCc3c(C#N)cc(C(C)C)cc3C2)cc2c1CNCC2. The van der Waals surface area contributed by atoms with Crippen molar-refractivity contribution in [3.63, 3.8) is 0 Å². The zero-order valence-corrected chi connectivity index (χ0v) is 19.7. The van der Waals surface area contributed by atoms with Crippen LogP contribution < -0.4 is 10.6 Å². The molecule has 4 rings (SSSR count). The predicted octanol–water partition coefficient (Wildman–Crippen LogP) is 3.85. The monoisotopic (exact) mass is 430 g/mol. The van der Waals surface area contributed by atoms with E-state index >= 15 is 0 Å². The molecule has 0 aromatic heterocycles. The Bertz CT molecular complexity index is 1070. The van der Waals surface area contributed by atoms with Gasteiger partial charge in [0.1, 0.15) is 0 Å². The van der Waals surface area contributed by atoms with E-state index in [0.717, 1.165) is 62.3 Å². The number of nitriles is 1. The maximum atomic E-state index is 12.6. The van der Waals surface area contributed by atoms with Crippen LogP contribution >= 0.6 is 0 Å². The summed E-state index contributed by atoms with van der Waals surface area (Å²) in [7, 11) is 1.70. The van der Waals surface area contributed by atoms with E-state index < -0.39 is 0 Å². The number of hydrogen-bond acceptors (Lipinski definition) is 4. The summed E-state index contributed by atoms with van der Waals surface area (Å²) in [5.74, 6) is 0.731. The molecule has 1 unspecified atom stereocenters. The number of nitrogens with zero attached hydrogens (tertiary/aromatic N) is 2. The van der Waals surface area contributed by atoms with Crippen molar-refractivity contribution >= 4 is 5.91 Å². The highest BCUT2D eigenvalue weighted by atomic mass is 16.1. The Labute approximate surface area is 191 Å².